The second-order valence-corrected chi connectivity index (χ2v) is 5.41. The maximum Gasteiger partial charge on any atom is 0.272 e. The zero-order valence-corrected chi connectivity index (χ0v) is 13.2. The van der Waals surface area contributed by atoms with Crippen molar-refractivity contribution in [3.63, 3.8) is 0 Å². The minimum atomic E-state index is -0.469. The SMILES string of the molecule is Cc1cc(C(=O)Nc2cccc(OC(C)C)c2)ccc1[N+](=O)[O-]. The van der Waals surface area contributed by atoms with Gasteiger partial charge in [0.15, 0.2) is 0 Å². The van der Waals surface area contributed by atoms with E-state index in [2.05, 4.69) is 5.32 Å². The van der Waals surface area contributed by atoms with Crippen LogP contribution < -0.4 is 10.1 Å². The predicted molar refractivity (Wildman–Crippen MR) is 88.0 cm³/mol. The fourth-order valence-corrected chi connectivity index (χ4v) is 2.12. The molecule has 0 unspecified atom stereocenters. The smallest absolute Gasteiger partial charge is 0.272 e. The number of nitro groups is 1. The van der Waals surface area contributed by atoms with E-state index in [0.29, 0.717) is 22.6 Å². The summed E-state index contributed by atoms with van der Waals surface area (Å²) in [6.07, 6.45) is 0.0401. The van der Waals surface area contributed by atoms with Crippen molar-refractivity contribution in [2.45, 2.75) is 26.9 Å². The molecule has 0 fully saturated rings. The zero-order valence-electron chi connectivity index (χ0n) is 13.2. The summed E-state index contributed by atoms with van der Waals surface area (Å²) in [5.41, 5.74) is 1.40. The molecule has 6 heteroatoms. The van der Waals surface area contributed by atoms with Gasteiger partial charge in [-0.1, -0.05) is 6.07 Å². The number of nitrogens with zero attached hydrogens (tertiary/aromatic N) is 1. The van der Waals surface area contributed by atoms with Gasteiger partial charge >= 0.3 is 0 Å². The van der Waals surface area contributed by atoms with Gasteiger partial charge in [-0.05, 0) is 45.0 Å². The predicted octanol–water partition coefficient (Wildman–Crippen LogP) is 3.94. The summed E-state index contributed by atoms with van der Waals surface area (Å²) in [5, 5.41) is 13.6. The topological polar surface area (TPSA) is 81.5 Å². The van der Waals surface area contributed by atoms with E-state index >= 15 is 0 Å². The zero-order chi connectivity index (χ0) is 17.0. The number of amides is 1. The summed E-state index contributed by atoms with van der Waals surface area (Å²) in [6, 6.07) is 11.4. The van der Waals surface area contributed by atoms with Crippen LogP contribution in [0.2, 0.25) is 0 Å². The summed E-state index contributed by atoms with van der Waals surface area (Å²) < 4.78 is 5.58. The lowest BCUT2D eigenvalue weighted by Crippen LogP contribution is -2.12. The molecular formula is C17H18N2O4. The molecule has 0 aliphatic carbocycles. The van der Waals surface area contributed by atoms with Crippen LogP contribution in [0.3, 0.4) is 0 Å². The Bertz CT molecular complexity index is 741. The summed E-state index contributed by atoms with van der Waals surface area (Å²) in [7, 11) is 0. The molecule has 23 heavy (non-hydrogen) atoms. The molecule has 6 nitrogen and oxygen atoms in total. The molecule has 0 radical (unpaired) electrons. The van der Waals surface area contributed by atoms with Crippen LogP contribution in [-0.2, 0) is 0 Å². The summed E-state index contributed by atoms with van der Waals surface area (Å²) in [5.74, 6) is 0.336. The van der Waals surface area contributed by atoms with Gasteiger partial charge in [0.05, 0.1) is 11.0 Å². The van der Waals surface area contributed by atoms with Crippen LogP contribution in [0.5, 0.6) is 5.75 Å². The Kier molecular flexibility index (Phi) is 4.95. The number of carbonyl (C=O) groups is 1. The average Bonchev–Trinajstić information content (AvgIpc) is 2.46. The van der Waals surface area contributed by atoms with Gasteiger partial charge in [-0.25, -0.2) is 0 Å². The Hall–Kier alpha value is -2.89. The van der Waals surface area contributed by atoms with Gasteiger partial charge in [-0.3, -0.25) is 14.9 Å². The molecule has 1 N–H and O–H groups in total. The maximum absolute atomic E-state index is 12.3. The van der Waals surface area contributed by atoms with Gasteiger partial charge in [0, 0.05) is 28.9 Å². The van der Waals surface area contributed by atoms with E-state index in [1.807, 2.05) is 19.9 Å². The summed E-state index contributed by atoms with van der Waals surface area (Å²) in [4.78, 5) is 22.6. The Balaban J connectivity index is 2.16. The highest BCUT2D eigenvalue weighted by molar-refractivity contribution is 6.04. The number of hydrogen-bond acceptors (Lipinski definition) is 4. The largest absolute Gasteiger partial charge is 0.491 e. The average molecular weight is 314 g/mol. The van der Waals surface area contributed by atoms with E-state index in [9.17, 15) is 14.9 Å². The molecule has 120 valence electrons. The molecule has 1 amide bonds. The van der Waals surface area contributed by atoms with Crippen LogP contribution in [0.4, 0.5) is 11.4 Å². The molecule has 0 bridgehead atoms. The first-order valence-electron chi connectivity index (χ1n) is 7.20. The van der Waals surface area contributed by atoms with Crippen LogP contribution in [0, 0.1) is 17.0 Å². The molecular weight excluding hydrogens is 296 g/mol. The van der Waals surface area contributed by atoms with Crippen LogP contribution in [-0.4, -0.2) is 16.9 Å². The third kappa shape index (κ3) is 4.29. The molecule has 2 rings (SSSR count). The highest BCUT2D eigenvalue weighted by Gasteiger charge is 2.14. The number of nitro benzene ring substituents is 1. The Morgan fingerprint density at radius 1 is 1.22 bits per heavy atom. The third-order valence-corrected chi connectivity index (χ3v) is 3.12. The van der Waals surface area contributed by atoms with Gasteiger partial charge in [0.25, 0.3) is 11.6 Å². The fraction of sp³-hybridized carbons (Fsp3) is 0.235. The van der Waals surface area contributed by atoms with Crippen molar-refractivity contribution in [1.29, 1.82) is 0 Å². The number of carbonyl (C=O) groups excluding carboxylic acids is 1. The van der Waals surface area contributed by atoms with E-state index in [4.69, 9.17) is 4.74 Å². The first-order chi connectivity index (χ1) is 10.9. The standard InChI is InChI=1S/C17H18N2O4/c1-11(2)23-15-6-4-5-14(10-15)18-17(20)13-7-8-16(19(21)22)12(3)9-13/h4-11H,1-3H3,(H,18,20). The normalized spacial score (nSPS) is 10.4. The Morgan fingerprint density at radius 3 is 2.57 bits per heavy atom. The van der Waals surface area contributed by atoms with Crippen LogP contribution in [0.25, 0.3) is 0 Å². The van der Waals surface area contributed by atoms with Crippen molar-refractivity contribution in [3.8, 4) is 5.75 Å². The number of benzene rings is 2. The highest BCUT2D eigenvalue weighted by atomic mass is 16.6. The van der Waals surface area contributed by atoms with Crippen molar-refractivity contribution < 1.29 is 14.5 Å². The number of aryl methyl sites for hydroxylation is 1. The van der Waals surface area contributed by atoms with Crippen molar-refractivity contribution in [3.05, 3.63) is 63.7 Å². The lowest BCUT2D eigenvalue weighted by molar-refractivity contribution is -0.385. The minimum Gasteiger partial charge on any atom is -0.491 e. The second-order valence-electron chi connectivity index (χ2n) is 5.41. The quantitative estimate of drug-likeness (QED) is 0.669. The number of hydrogen-bond donors (Lipinski definition) is 1. The van der Waals surface area contributed by atoms with E-state index in [1.54, 1.807) is 25.1 Å². The number of anilines is 1. The van der Waals surface area contributed by atoms with Gasteiger partial charge in [-0.15, -0.1) is 0 Å². The summed E-state index contributed by atoms with van der Waals surface area (Å²) >= 11 is 0. The molecule has 0 spiro atoms. The number of ether oxygens (including phenoxy) is 1. The van der Waals surface area contributed by atoms with Crippen LogP contribution in [0.15, 0.2) is 42.5 Å². The van der Waals surface area contributed by atoms with Gasteiger partial charge in [0.1, 0.15) is 5.75 Å². The Morgan fingerprint density at radius 2 is 1.96 bits per heavy atom. The molecule has 2 aromatic carbocycles. The van der Waals surface area contributed by atoms with Gasteiger partial charge in [-0.2, -0.15) is 0 Å². The fourth-order valence-electron chi connectivity index (χ4n) is 2.12. The highest BCUT2D eigenvalue weighted by Crippen LogP contribution is 2.21. The van der Waals surface area contributed by atoms with Crippen molar-refractivity contribution in [1.82, 2.24) is 0 Å². The number of rotatable bonds is 5. The molecule has 0 saturated carbocycles. The van der Waals surface area contributed by atoms with E-state index in [-0.39, 0.29) is 17.7 Å². The first-order valence-corrected chi connectivity index (χ1v) is 7.20. The van der Waals surface area contributed by atoms with E-state index < -0.39 is 4.92 Å². The van der Waals surface area contributed by atoms with E-state index in [1.165, 1.54) is 18.2 Å². The summed E-state index contributed by atoms with van der Waals surface area (Å²) in [6.45, 7) is 5.45. The van der Waals surface area contributed by atoms with Crippen molar-refractivity contribution in [2.24, 2.45) is 0 Å². The third-order valence-electron chi connectivity index (χ3n) is 3.12. The van der Waals surface area contributed by atoms with Crippen LogP contribution >= 0.6 is 0 Å². The lowest BCUT2D eigenvalue weighted by Gasteiger charge is -2.11. The number of nitrogens with one attached hydrogen (secondary N) is 1. The molecule has 0 heterocycles. The molecule has 0 aromatic heterocycles. The molecule has 2 aromatic rings. The molecule has 0 aliphatic heterocycles. The molecule has 0 saturated heterocycles. The maximum atomic E-state index is 12.3. The second kappa shape index (κ2) is 6.91. The Labute approximate surface area is 134 Å². The van der Waals surface area contributed by atoms with Gasteiger partial charge in [0.2, 0.25) is 0 Å². The van der Waals surface area contributed by atoms with Gasteiger partial charge < -0.3 is 10.1 Å². The monoisotopic (exact) mass is 314 g/mol. The molecule has 0 atom stereocenters. The van der Waals surface area contributed by atoms with E-state index in [0.717, 1.165) is 0 Å². The molecule has 0 aliphatic rings. The van der Waals surface area contributed by atoms with Crippen molar-refractivity contribution >= 4 is 17.3 Å². The van der Waals surface area contributed by atoms with Crippen LogP contribution in [0.1, 0.15) is 29.8 Å². The lowest BCUT2D eigenvalue weighted by atomic mass is 10.1. The first kappa shape index (κ1) is 16.5. The minimum absolute atomic E-state index is 0.00567. The van der Waals surface area contributed by atoms with Crippen molar-refractivity contribution in [2.75, 3.05) is 5.32 Å².